The van der Waals surface area contributed by atoms with Crippen LogP contribution in [0.1, 0.15) is 181 Å². The summed E-state index contributed by atoms with van der Waals surface area (Å²) in [5, 5.41) is 72.4. The van der Waals surface area contributed by atoms with E-state index in [-0.39, 0.29) is 19.6 Å². The molecule has 0 bridgehead atoms. The molecule has 0 aromatic rings. The molecule has 0 saturated carbocycles. The molecule has 450 valence electrons. The molecule has 2 rings (SSSR count). The summed E-state index contributed by atoms with van der Waals surface area (Å²) < 4.78 is 34.3. The second kappa shape index (κ2) is 50.1. The summed E-state index contributed by atoms with van der Waals surface area (Å²) in [5.74, 6) is -0.441. The molecular weight excluding hydrogens is 1000 g/mol. The first-order chi connectivity index (χ1) is 38.6. The first-order valence-electron chi connectivity index (χ1n) is 30.1. The van der Waals surface area contributed by atoms with Crippen molar-refractivity contribution in [2.24, 2.45) is 0 Å². The lowest BCUT2D eigenvalue weighted by atomic mass is 9.98. The number of hydrogen-bond donors (Lipinski definition) is 7. The Hall–Kier alpha value is -3.61. The Bertz CT molecular complexity index is 1770. The second-order valence-corrected chi connectivity index (χ2v) is 20.4. The lowest BCUT2D eigenvalue weighted by Crippen LogP contribution is -2.61. The summed E-state index contributed by atoms with van der Waals surface area (Å²) in [6.07, 6.45) is 54.0. The van der Waals surface area contributed by atoms with Gasteiger partial charge in [-0.3, -0.25) is 4.79 Å². The van der Waals surface area contributed by atoms with Crippen molar-refractivity contribution in [1.82, 2.24) is 0 Å². The third-order valence-corrected chi connectivity index (χ3v) is 13.5. The molecule has 0 aliphatic carbocycles. The summed E-state index contributed by atoms with van der Waals surface area (Å²) in [4.78, 5) is 13.1. The minimum atomic E-state index is -1.73. The summed E-state index contributed by atoms with van der Waals surface area (Å²) in [6.45, 7) is 3.44. The maximum atomic E-state index is 13.1. The fourth-order valence-corrected chi connectivity index (χ4v) is 8.63. The molecule has 14 nitrogen and oxygen atoms in total. The zero-order valence-electron chi connectivity index (χ0n) is 48.3. The van der Waals surface area contributed by atoms with Crippen molar-refractivity contribution >= 4 is 5.97 Å². The first-order valence-corrected chi connectivity index (χ1v) is 30.1. The zero-order chi connectivity index (χ0) is 57.2. The van der Waals surface area contributed by atoms with Crippen LogP contribution in [0.2, 0.25) is 0 Å². The highest BCUT2D eigenvalue weighted by atomic mass is 16.7. The summed E-state index contributed by atoms with van der Waals surface area (Å²) in [6, 6.07) is 0. The Labute approximate surface area is 476 Å². The van der Waals surface area contributed by atoms with Crippen LogP contribution in [-0.2, 0) is 33.2 Å². The van der Waals surface area contributed by atoms with Crippen molar-refractivity contribution in [2.45, 2.75) is 248 Å². The summed E-state index contributed by atoms with van der Waals surface area (Å²) in [5.41, 5.74) is 0. The molecule has 11 unspecified atom stereocenters. The van der Waals surface area contributed by atoms with E-state index in [1.165, 1.54) is 57.8 Å². The van der Waals surface area contributed by atoms with E-state index in [0.29, 0.717) is 19.4 Å². The third-order valence-electron chi connectivity index (χ3n) is 13.5. The first kappa shape index (κ1) is 71.5. The van der Waals surface area contributed by atoms with Gasteiger partial charge >= 0.3 is 5.97 Å². The largest absolute Gasteiger partial charge is 0.457 e. The van der Waals surface area contributed by atoms with Crippen LogP contribution in [0.15, 0.2) is 122 Å². The second-order valence-electron chi connectivity index (χ2n) is 20.4. The third kappa shape index (κ3) is 36.5. The zero-order valence-corrected chi connectivity index (χ0v) is 48.3. The van der Waals surface area contributed by atoms with Gasteiger partial charge in [-0.25, -0.2) is 0 Å². The number of aliphatic hydroxyl groups is 7. The number of ether oxygens (including phenoxy) is 6. The molecule has 11 atom stereocenters. The van der Waals surface area contributed by atoms with E-state index in [0.717, 1.165) is 89.9 Å². The average Bonchev–Trinajstić information content (AvgIpc) is 3.46. The van der Waals surface area contributed by atoms with Crippen molar-refractivity contribution < 1.29 is 69.0 Å². The molecule has 0 spiro atoms. The van der Waals surface area contributed by atoms with Gasteiger partial charge in [-0.05, 0) is 103 Å². The van der Waals surface area contributed by atoms with Gasteiger partial charge in [-0.15, -0.1) is 0 Å². The van der Waals surface area contributed by atoms with E-state index < -0.39 is 86.7 Å². The lowest BCUT2D eigenvalue weighted by molar-refractivity contribution is -0.332. The van der Waals surface area contributed by atoms with Crippen molar-refractivity contribution in [1.29, 1.82) is 0 Å². The van der Waals surface area contributed by atoms with E-state index >= 15 is 0 Å². The van der Waals surface area contributed by atoms with Gasteiger partial charge in [0, 0.05) is 13.0 Å². The van der Waals surface area contributed by atoms with Gasteiger partial charge in [-0.2, -0.15) is 0 Å². The van der Waals surface area contributed by atoms with E-state index in [1.54, 1.807) is 0 Å². The highest BCUT2D eigenvalue weighted by Gasteiger charge is 2.47. The number of esters is 1. The summed E-state index contributed by atoms with van der Waals surface area (Å²) >= 11 is 0. The standard InChI is InChI=1S/C65H106O14/c1-3-5-7-9-11-13-15-17-19-21-23-25-27-28-30-32-34-36-38-40-42-44-46-48-57(67)77-54(51-74-49-47-45-43-41-39-37-35-33-31-29-26-24-22-20-18-16-14-12-10-8-6-4-2)52-75-64-63(73)61(71)59(69)56(79-64)53-76-65-62(72)60(70)58(68)55(50-66)78-65/h5,7,11,13,16-19,22-25,28-31,34,36,40,42,54-56,58-66,68-73H,3-4,6,8-10,12,14-15,20-21,26-27,32-33,35,37-39,41,43-53H2,1-2H3/b7-5-,13-11-,18-16-,19-17-,24-22-,25-23-,30-28-,31-29-,36-34-,42-40-. The Morgan fingerprint density at radius 3 is 1.29 bits per heavy atom. The number of hydrogen-bond acceptors (Lipinski definition) is 14. The van der Waals surface area contributed by atoms with Crippen LogP contribution in [0.25, 0.3) is 0 Å². The van der Waals surface area contributed by atoms with Crippen LogP contribution in [-0.4, -0.2) is 142 Å². The van der Waals surface area contributed by atoms with E-state index in [4.69, 9.17) is 28.4 Å². The van der Waals surface area contributed by atoms with Crippen molar-refractivity contribution in [3.63, 3.8) is 0 Å². The number of rotatable bonds is 47. The molecule has 2 saturated heterocycles. The molecular formula is C65H106O14. The number of carbonyl (C=O) groups excluding carboxylic acids is 1. The maximum Gasteiger partial charge on any atom is 0.306 e. The number of carbonyl (C=O) groups is 1. The van der Waals surface area contributed by atoms with Crippen LogP contribution in [0, 0.1) is 0 Å². The number of aliphatic hydroxyl groups excluding tert-OH is 7. The quantitative estimate of drug-likeness (QED) is 0.0172. The Balaban J connectivity index is 1.75. The molecule has 0 aromatic carbocycles. The van der Waals surface area contributed by atoms with Crippen molar-refractivity contribution in [3.05, 3.63) is 122 Å². The van der Waals surface area contributed by atoms with Crippen LogP contribution in [0.4, 0.5) is 0 Å². The van der Waals surface area contributed by atoms with Gasteiger partial charge in [0.1, 0.15) is 54.9 Å². The number of unbranched alkanes of at least 4 members (excludes halogenated alkanes) is 13. The topological polar surface area (TPSA) is 214 Å². The van der Waals surface area contributed by atoms with Gasteiger partial charge in [0.15, 0.2) is 12.6 Å². The molecule has 2 aliphatic rings. The molecule has 2 fully saturated rings. The predicted molar refractivity (Wildman–Crippen MR) is 316 cm³/mol. The SMILES string of the molecule is CC/C=C\C/C=C\C/C=C\C/C=C\C/C=C\C/C=C\C/C=C\CCCC(=O)OC(COCCCCCCCCC/C=C\C/C=C\C/C=C\CCCCCCC)COC1OC(COC2OC(CO)C(O)C(O)C2O)C(O)C(O)C1O. The van der Waals surface area contributed by atoms with Gasteiger partial charge in [0.25, 0.3) is 0 Å². The fraction of sp³-hybridized carbons (Fsp3) is 0.677. The van der Waals surface area contributed by atoms with Gasteiger partial charge in [0.2, 0.25) is 0 Å². The molecule has 79 heavy (non-hydrogen) atoms. The molecule has 0 radical (unpaired) electrons. The lowest BCUT2D eigenvalue weighted by Gasteiger charge is -2.42. The smallest absolute Gasteiger partial charge is 0.306 e. The molecule has 7 N–H and O–H groups in total. The van der Waals surface area contributed by atoms with Crippen LogP contribution in [0.3, 0.4) is 0 Å². The normalized spacial score (nSPS) is 24.9. The Morgan fingerprint density at radius 2 is 0.823 bits per heavy atom. The molecule has 2 aliphatic heterocycles. The van der Waals surface area contributed by atoms with E-state index in [1.807, 2.05) is 6.08 Å². The number of allylic oxidation sites excluding steroid dienone is 20. The molecule has 0 aromatic heterocycles. The van der Waals surface area contributed by atoms with Crippen molar-refractivity contribution in [2.75, 3.05) is 33.0 Å². The van der Waals surface area contributed by atoms with Gasteiger partial charge in [0.05, 0.1) is 26.4 Å². The molecule has 2 heterocycles. The summed E-state index contributed by atoms with van der Waals surface area (Å²) in [7, 11) is 0. The Kier molecular flexibility index (Phi) is 45.4. The van der Waals surface area contributed by atoms with Crippen LogP contribution >= 0.6 is 0 Å². The monoisotopic (exact) mass is 1110 g/mol. The maximum absolute atomic E-state index is 13.1. The highest BCUT2D eigenvalue weighted by molar-refractivity contribution is 5.69. The average molecular weight is 1110 g/mol. The minimum absolute atomic E-state index is 0.0227. The minimum Gasteiger partial charge on any atom is -0.457 e. The van der Waals surface area contributed by atoms with E-state index in [2.05, 4.69) is 129 Å². The van der Waals surface area contributed by atoms with Gasteiger partial charge < -0.3 is 64.2 Å². The van der Waals surface area contributed by atoms with Crippen LogP contribution in [0.5, 0.6) is 0 Å². The predicted octanol–water partition coefficient (Wildman–Crippen LogP) is 11.3. The van der Waals surface area contributed by atoms with Crippen LogP contribution < -0.4 is 0 Å². The molecule has 14 heteroatoms. The van der Waals surface area contributed by atoms with Crippen molar-refractivity contribution in [3.8, 4) is 0 Å². The fourth-order valence-electron chi connectivity index (χ4n) is 8.63. The Morgan fingerprint density at radius 1 is 0.430 bits per heavy atom. The van der Waals surface area contributed by atoms with E-state index in [9.17, 15) is 40.5 Å². The van der Waals surface area contributed by atoms with Gasteiger partial charge in [-0.1, -0.05) is 193 Å². The highest BCUT2D eigenvalue weighted by Crippen LogP contribution is 2.26. The molecule has 0 amide bonds.